The highest BCUT2D eigenvalue weighted by Crippen LogP contribution is 2.29. The molecule has 1 fully saturated rings. The van der Waals surface area contributed by atoms with Crippen molar-refractivity contribution in [3.63, 3.8) is 0 Å². The van der Waals surface area contributed by atoms with Gasteiger partial charge in [-0.2, -0.15) is 4.99 Å². The van der Waals surface area contributed by atoms with Crippen LogP contribution in [0.3, 0.4) is 0 Å². The molecule has 1 saturated carbocycles. The van der Waals surface area contributed by atoms with Gasteiger partial charge in [0.25, 0.3) is 5.91 Å². The number of benzene rings is 2. The summed E-state index contributed by atoms with van der Waals surface area (Å²) in [7, 11) is 0. The van der Waals surface area contributed by atoms with Gasteiger partial charge in [-0.15, -0.1) is 0 Å². The van der Waals surface area contributed by atoms with Crippen LogP contribution in [0.5, 0.6) is 0 Å². The van der Waals surface area contributed by atoms with Gasteiger partial charge in [-0.05, 0) is 56.5 Å². The van der Waals surface area contributed by atoms with Crippen LogP contribution in [0.2, 0.25) is 0 Å². The molecule has 1 aromatic heterocycles. The van der Waals surface area contributed by atoms with Crippen LogP contribution in [-0.4, -0.2) is 27.5 Å². The minimum atomic E-state index is -0.998. The normalized spacial score (nSPS) is 15.6. The highest BCUT2D eigenvalue weighted by atomic mass is 32.1. The van der Waals surface area contributed by atoms with Crippen LogP contribution in [-0.2, 0) is 9.59 Å². The third-order valence-corrected chi connectivity index (χ3v) is 7.13. The van der Waals surface area contributed by atoms with Crippen LogP contribution in [0.4, 0.5) is 5.69 Å². The molecule has 8 heteroatoms. The third kappa shape index (κ3) is 4.90. The Bertz CT molecular complexity index is 1270. The highest BCUT2D eigenvalue weighted by Gasteiger charge is 2.24. The number of carboxylic acid groups (broad SMARTS) is 1. The van der Waals surface area contributed by atoms with Crippen LogP contribution < -0.4 is 10.1 Å². The molecule has 2 N–H and O–H groups in total. The molecule has 33 heavy (non-hydrogen) atoms. The molecule has 4 rings (SSSR count). The molecule has 0 radical (unpaired) electrons. The molecule has 0 aliphatic heterocycles. The van der Waals surface area contributed by atoms with E-state index in [1.807, 2.05) is 31.2 Å². The number of rotatable bonds is 6. The molecule has 1 aliphatic carbocycles. The molecular weight excluding hydrogens is 438 g/mol. The van der Waals surface area contributed by atoms with Gasteiger partial charge in [0.15, 0.2) is 4.80 Å². The molecule has 0 bridgehead atoms. The summed E-state index contributed by atoms with van der Waals surface area (Å²) in [6.07, 6.45) is 4.25. The number of carbonyl (C=O) groups is 3. The van der Waals surface area contributed by atoms with E-state index in [2.05, 4.69) is 10.3 Å². The largest absolute Gasteiger partial charge is 0.480 e. The maximum atomic E-state index is 12.8. The Hall–Kier alpha value is -3.26. The van der Waals surface area contributed by atoms with E-state index in [4.69, 9.17) is 0 Å². The van der Waals surface area contributed by atoms with Gasteiger partial charge in [-0.25, -0.2) is 4.79 Å². The molecule has 2 aromatic carbocycles. The van der Waals surface area contributed by atoms with Crippen molar-refractivity contribution in [1.29, 1.82) is 0 Å². The lowest BCUT2D eigenvalue weighted by molar-refractivity contribution is -0.141. The molecule has 0 saturated heterocycles. The van der Waals surface area contributed by atoms with Gasteiger partial charge < -0.3 is 15.0 Å². The van der Waals surface area contributed by atoms with E-state index in [-0.39, 0.29) is 11.8 Å². The Morgan fingerprint density at radius 1 is 1.15 bits per heavy atom. The summed E-state index contributed by atoms with van der Waals surface area (Å²) in [6.45, 7) is 3.72. The molecule has 1 atom stereocenters. The second kappa shape index (κ2) is 9.70. The first kappa shape index (κ1) is 22.9. The molecule has 1 heterocycles. The zero-order valence-electron chi connectivity index (χ0n) is 18.7. The van der Waals surface area contributed by atoms with Crippen molar-refractivity contribution < 1.29 is 19.5 Å². The number of aliphatic carboxylic acids is 1. The van der Waals surface area contributed by atoms with Crippen LogP contribution in [0.25, 0.3) is 10.2 Å². The maximum absolute atomic E-state index is 12.8. The molecule has 1 unspecified atom stereocenters. The molecule has 172 valence electrons. The lowest BCUT2D eigenvalue weighted by Gasteiger charge is -2.15. The highest BCUT2D eigenvalue weighted by molar-refractivity contribution is 7.16. The number of carboxylic acids is 1. The average Bonchev–Trinajstić information content (AvgIpc) is 3.44. The number of nitrogens with one attached hydrogen (secondary N) is 1. The Balaban J connectivity index is 1.78. The molecule has 0 spiro atoms. The van der Waals surface area contributed by atoms with Gasteiger partial charge in [0.2, 0.25) is 5.91 Å². The van der Waals surface area contributed by atoms with E-state index in [9.17, 15) is 19.5 Å². The van der Waals surface area contributed by atoms with Gasteiger partial charge in [0.1, 0.15) is 6.04 Å². The van der Waals surface area contributed by atoms with Crippen molar-refractivity contribution in [3.05, 3.63) is 58.4 Å². The van der Waals surface area contributed by atoms with E-state index in [1.165, 1.54) is 11.3 Å². The monoisotopic (exact) mass is 465 g/mol. The Morgan fingerprint density at radius 3 is 2.48 bits per heavy atom. The van der Waals surface area contributed by atoms with Gasteiger partial charge in [-0.1, -0.05) is 48.8 Å². The van der Waals surface area contributed by atoms with Gasteiger partial charge in [0, 0.05) is 17.2 Å². The topological polar surface area (TPSA) is 101 Å². The molecule has 2 amide bonds. The fourth-order valence-electron chi connectivity index (χ4n) is 4.25. The minimum absolute atomic E-state index is 0.00151. The summed E-state index contributed by atoms with van der Waals surface area (Å²) in [6, 6.07) is 11.6. The van der Waals surface area contributed by atoms with Crippen molar-refractivity contribution >= 4 is 45.0 Å². The third-order valence-electron chi connectivity index (χ3n) is 6.10. The van der Waals surface area contributed by atoms with Crippen molar-refractivity contribution in [2.75, 3.05) is 5.32 Å². The first-order valence-corrected chi connectivity index (χ1v) is 12.0. The number of hydrogen-bond donors (Lipinski definition) is 2. The number of carbonyl (C=O) groups excluding carboxylic acids is 2. The van der Waals surface area contributed by atoms with Crippen molar-refractivity contribution in [2.24, 2.45) is 10.9 Å². The standard InChI is InChI=1S/C25H27N3O4S/c1-3-19(24(31)32)28-20-14-18(26-22(29)16-6-4-5-7-16)12-13-21(20)33-25(28)27-23(30)17-10-8-15(2)9-11-17/h8-14,16,19H,3-7H2,1-2H3,(H,26,29)(H,31,32). The quantitative estimate of drug-likeness (QED) is 0.540. The first-order chi connectivity index (χ1) is 15.9. The summed E-state index contributed by atoms with van der Waals surface area (Å²) < 4.78 is 2.39. The number of thiazole rings is 1. The van der Waals surface area contributed by atoms with Crippen LogP contribution >= 0.6 is 11.3 Å². The number of nitrogens with zero attached hydrogens (tertiary/aromatic N) is 2. The summed E-state index contributed by atoms with van der Waals surface area (Å²) in [5.41, 5.74) is 2.72. The smallest absolute Gasteiger partial charge is 0.326 e. The lowest BCUT2D eigenvalue weighted by Crippen LogP contribution is -2.27. The minimum Gasteiger partial charge on any atom is -0.480 e. The molecule has 3 aromatic rings. The fraction of sp³-hybridized carbons (Fsp3) is 0.360. The van der Waals surface area contributed by atoms with E-state index in [0.29, 0.717) is 28.0 Å². The van der Waals surface area contributed by atoms with Gasteiger partial charge in [-0.3, -0.25) is 9.59 Å². The SMILES string of the molecule is CCC(C(=O)O)n1c(=NC(=O)c2ccc(C)cc2)sc2ccc(NC(=O)C3CCCC3)cc21. The zero-order valence-corrected chi connectivity index (χ0v) is 19.5. The molecule has 1 aliphatic rings. The van der Waals surface area contributed by atoms with Crippen LogP contribution in [0.1, 0.15) is 61.0 Å². The second-order valence-corrected chi connectivity index (χ2v) is 9.46. The summed E-state index contributed by atoms with van der Waals surface area (Å²) in [5.74, 6) is -1.40. The number of aromatic nitrogens is 1. The van der Waals surface area contributed by atoms with E-state index in [1.54, 1.807) is 29.7 Å². The number of hydrogen-bond acceptors (Lipinski definition) is 4. The first-order valence-electron chi connectivity index (χ1n) is 11.2. The zero-order chi connectivity index (χ0) is 23.5. The van der Waals surface area contributed by atoms with Crippen molar-refractivity contribution in [3.8, 4) is 0 Å². The fourth-order valence-corrected chi connectivity index (χ4v) is 5.29. The summed E-state index contributed by atoms with van der Waals surface area (Å²) in [5, 5.41) is 12.8. The predicted octanol–water partition coefficient (Wildman–Crippen LogP) is 4.92. The second-order valence-electron chi connectivity index (χ2n) is 8.45. The van der Waals surface area contributed by atoms with E-state index >= 15 is 0 Å². The number of fused-ring (bicyclic) bond motifs is 1. The molecule has 7 nitrogen and oxygen atoms in total. The molecular formula is C25H27N3O4S. The Labute approximate surface area is 195 Å². The number of anilines is 1. The van der Waals surface area contributed by atoms with E-state index < -0.39 is 17.9 Å². The van der Waals surface area contributed by atoms with Crippen LogP contribution in [0, 0.1) is 12.8 Å². The summed E-state index contributed by atoms with van der Waals surface area (Å²) >= 11 is 1.26. The Morgan fingerprint density at radius 2 is 1.85 bits per heavy atom. The number of aryl methyl sites for hydroxylation is 1. The van der Waals surface area contributed by atoms with Crippen molar-refractivity contribution in [2.45, 2.75) is 52.0 Å². The van der Waals surface area contributed by atoms with Crippen molar-refractivity contribution in [1.82, 2.24) is 4.57 Å². The average molecular weight is 466 g/mol. The van der Waals surface area contributed by atoms with Crippen LogP contribution in [0.15, 0.2) is 47.5 Å². The van der Waals surface area contributed by atoms with Gasteiger partial charge >= 0.3 is 5.97 Å². The lowest BCUT2D eigenvalue weighted by atomic mass is 10.1. The number of amides is 2. The van der Waals surface area contributed by atoms with Gasteiger partial charge in [0.05, 0.1) is 10.2 Å². The summed E-state index contributed by atoms with van der Waals surface area (Å²) in [4.78, 5) is 42.1. The van der Waals surface area contributed by atoms with E-state index in [0.717, 1.165) is 35.9 Å². The maximum Gasteiger partial charge on any atom is 0.326 e. The Kier molecular flexibility index (Phi) is 6.74. The predicted molar refractivity (Wildman–Crippen MR) is 128 cm³/mol.